The standard InChI is InChI=1S/C16H32N2/c1-15-8-7-10-16(14-17,11-9-15)18-12-5-3-2-4-6-13-18/h15H,2-14,17H2,1H3. The lowest BCUT2D eigenvalue weighted by Crippen LogP contribution is -2.54. The van der Waals surface area contributed by atoms with Crippen molar-refractivity contribution in [3.05, 3.63) is 0 Å². The third-order valence-electron chi connectivity index (χ3n) is 5.35. The first-order chi connectivity index (χ1) is 8.77. The van der Waals surface area contributed by atoms with Gasteiger partial charge in [0.2, 0.25) is 0 Å². The molecule has 1 saturated heterocycles. The van der Waals surface area contributed by atoms with Gasteiger partial charge in [-0.15, -0.1) is 0 Å². The van der Waals surface area contributed by atoms with E-state index in [1.807, 2.05) is 0 Å². The highest BCUT2D eigenvalue weighted by molar-refractivity contribution is 4.94. The fraction of sp³-hybridized carbons (Fsp3) is 1.00. The fourth-order valence-electron chi connectivity index (χ4n) is 3.94. The van der Waals surface area contributed by atoms with Crippen molar-refractivity contribution in [2.24, 2.45) is 11.7 Å². The van der Waals surface area contributed by atoms with Gasteiger partial charge >= 0.3 is 0 Å². The Morgan fingerprint density at radius 1 is 0.944 bits per heavy atom. The van der Waals surface area contributed by atoms with E-state index < -0.39 is 0 Å². The predicted molar refractivity (Wildman–Crippen MR) is 78.7 cm³/mol. The van der Waals surface area contributed by atoms with Crippen molar-refractivity contribution >= 4 is 0 Å². The van der Waals surface area contributed by atoms with Gasteiger partial charge in [0.25, 0.3) is 0 Å². The molecule has 2 atom stereocenters. The molecule has 0 bridgehead atoms. The Bertz CT molecular complexity index is 233. The lowest BCUT2D eigenvalue weighted by molar-refractivity contribution is 0.0683. The molecule has 2 heteroatoms. The van der Waals surface area contributed by atoms with Crippen molar-refractivity contribution in [1.82, 2.24) is 4.90 Å². The van der Waals surface area contributed by atoms with Crippen molar-refractivity contribution in [3.8, 4) is 0 Å². The molecule has 0 spiro atoms. The van der Waals surface area contributed by atoms with E-state index >= 15 is 0 Å². The summed E-state index contributed by atoms with van der Waals surface area (Å²) in [5.74, 6) is 0.910. The van der Waals surface area contributed by atoms with Crippen LogP contribution in [0.4, 0.5) is 0 Å². The quantitative estimate of drug-likeness (QED) is 0.762. The van der Waals surface area contributed by atoms with Crippen LogP contribution in [0.5, 0.6) is 0 Å². The maximum atomic E-state index is 6.23. The van der Waals surface area contributed by atoms with Crippen LogP contribution >= 0.6 is 0 Å². The maximum absolute atomic E-state index is 6.23. The van der Waals surface area contributed by atoms with E-state index in [2.05, 4.69) is 11.8 Å². The monoisotopic (exact) mass is 252 g/mol. The highest BCUT2D eigenvalue weighted by Gasteiger charge is 2.36. The number of nitrogens with zero attached hydrogens (tertiary/aromatic N) is 1. The topological polar surface area (TPSA) is 29.3 Å². The largest absolute Gasteiger partial charge is 0.329 e. The summed E-state index contributed by atoms with van der Waals surface area (Å²) >= 11 is 0. The van der Waals surface area contributed by atoms with Crippen molar-refractivity contribution < 1.29 is 0 Å². The lowest BCUT2D eigenvalue weighted by atomic mass is 9.86. The minimum atomic E-state index is 0.349. The van der Waals surface area contributed by atoms with Crippen molar-refractivity contribution in [1.29, 1.82) is 0 Å². The molecule has 1 aliphatic heterocycles. The van der Waals surface area contributed by atoms with E-state index in [4.69, 9.17) is 5.73 Å². The normalized spacial score (nSPS) is 36.7. The minimum absolute atomic E-state index is 0.349. The van der Waals surface area contributed by atoms with Crippen molar-refractivity contribution in [2.45, 2.75) is 76.7 Å². The second-order valence-corrected chi connectivity index (χ2v) is 6.72. The van der Waals surface area contributed by atoms with Gasteiger partial charge in [-0.05, 0) is 51.1 Å². The van der Waals surface area contributed by atoms with Crippen LogP contribution in [0, 0.1) is 5.92 Å². The Morgan fingerprint density at radius 3 is 2.28 bits per heavy atom. The van der Waals surface area contributed by atoms with Crippen LogP contribution in [0.1, 0.15) is 71.1 Å². The summed E-state index contributed by atoms with van der Waals surface area (Å²) in [5.41, 5.74) is 6.58. The SMILES string of the molecule is CC1CCCC(CN)(N2CCCCCCC2)CC1. The zero-order valence-corrected chi connectivity index (χ0v) is 12.3. The number of rotatable bonds is 2. The zero-order chi connectivity index (χ0) is 12.8. The highest BCUT2D eigenvalue weighted by atomic mass is 15.2. The predicted octanol–water partition coefficient (Wildman–Crippen LogP) is 3.55. The van der Waals surface area contributed by atoms with Gasteiger partial charge in [-0.3, -0.25) is 4.90 Å². The van der Waals surface area contributed by atoms with Crippen molar-refractivity contribution in [2.75, 3.05) is 19.6 Å². The van der Waals surface area contributed by atoms with Crippen molar-refractivity contribution in [3.63, 3.8) is 0 Å². The van der Waals surface area contributed by atoms with Crippen LogP contribution in [0.25, 0.3) is 0 Å². The number of nitrogens with two attached hydrogens (primary N) is 1. The average Bonchev–Trinajstić information content (AvgIpc) is 2.52. The van der Waals surface area contributed by atoms with E-state index in [0.29, 0.717) is 5.54 Å². The molecular weight excluding hydrogens is 220 g/mol. The molecule has 1 heterocycles. The van der Waals surface area contributed by atoms with E-state index in [0.717, 1.165) is 12.5 Å². The molecule has 0 radical (unpaired) electrons. The second kappa shape index (κ2) is 6.91. The Kier molecular flexibility index (Phi) is 5.50. The van der Waals surface area contributed by atoms with Gasteiger partial charge < -0.3 is 5.73 Å². The van der Waals surface area contributed by atoms with Crippen LogP contribution in [0.15, 0.2) is 0 Å². The van der Waals surface area contributed by atoms with Gasteiger partial charge in [-0.25, -0.2) is 0 Å². The molecule has 0 aromatic heterocycles. The molecule has 106 valence electrons. The van der Waals surface area contributed by atoms with Gasteiger partial charge in [0.1, 0.15) is 0 Å². The van der Waals surface area contributed by atoms with Gasteiger partial charge in [0.15, 0.2) is 0 Å². The molecule has 2 nitrogen and oxygen atoms in total. The van der Waals surface area contributed by atoms with Gasteiger partial charge in [-0.2, -0.15) is 0 Å². The summed E-state index contributed by atoms with van der Waals surface area (Å²) < 4.78 is 0. The van der Waals surface area contributed by atoms with Gasteiger partial charge in [0, 0.05) is 12.1 Å². The third kappa shape index (κ3) is 3.48. The Labute approximate surface area is 113 Å². The van der Waals surface area contributed by atoms with Crippen LogP contribution in [0.2, 0.25) is 0 Å². The van der Waals surface area contributed by atoms with E-state index in [9.17, 15) is 0 Å². The summed E-state index contributed by atoms with van der Waals surface area (Å²) in [6, 6.07) is 0. The van der Waals surface area contributed by atoms with Gasteiger partial charge in [0.05, 0.1) is 0 Å². The molecule has 2 fully saturated rings. The summed E-state index contributed by atoms with van der Waals surface area (Å²) in [6.07, 6.45) is 13.9. The summed E-state index contributed by atoms with van der Waals surface area (Å²) in [4.78, 5) is 2.78. The Hall–Kier alpha value is -0.0800. The van der Waals surface area contributed by atoms with E-state index in [-0.39, 0.29) is 0 Å². The third-order valence-corrected chi connectivity index (χ3v) is 5.35. The Balaban J connectivity index is 2.03. The molecule has 1 aliphatic carbocycles. The first kappa shape index (κ1) is 14.3. The number of hydrogen-bond acceptors (Lipinski definition) is 2. The van der Waals surface area contributed by atoms with E-state index in [1.54, 1.807) is 0 Å². The molecule has 2 rings (SSSR count). The molecule has 0 aromatic carbocycles. The smallest absolute Gasteiger partial charge is 0.0331 e. The molecule has 2 unspecified atom stereocenters. The molecule has 2 N–H and O–H groups in total. The van der Waals surface area contributed by atoms with Crippen LogP contribution in [0.3, 0.4) is 0 Å². The molecule has 18 heavy (non-hydrogen) atoms. The van der Waals surface area contributed by atoms with Crippen LogP contribution in [-0.4, -0.2) is 30.1 Å². The highest BCUT2D eigenvalue weighted by Crippen LogP contribution is 2.35. The first-order valence-electron chi connectivity index (χ1n) is 8.22. The second-order valence-electron chi connectivity index (χ2n) is 6.72. The summed E-state index contributed by atoms with van der Waals surface area (Å²) in [7, 11) is 0. The number of likely N-dealkylation sites (tertiary alicyclic amines) is 1. The van der Waals surface area contributed by atoms with Crippen LogP contribution in [-0.2, 0) is 0 Å². The zero-order valence-electron chi connectivity index (χ0n) is 12.3. The number of hydrogen-bond donors (Lipinski definition) is 1. The molecule has 0 amide bonds. The average molecular weight is 252 g/mol. The van der Waals surface area contributed by atoms with Gasteiger partial charge in [-0.1, -0.05) is 39.0 Å². The molecule has 2 aliphatic rings. The molecule has 0 aromatic rings. The molecular formula is C16H32N2. The lowest BCUT2D eigenvalue weighted by Gasteiger charge is -2.44. The Morgan fingerprint density at radius 2 is 1.61 bits per heavy atom. The van der Waals surface area contributed by atoms with E-state index in [1.165, 1.54) is 77.3 Å². The van der Waals surface area contributed by atoms with Crippen LogP contribution < -0.4 is 5.73 Å². The minimum Gasteiger partial charge on any atom is -0.329 e. The maximum Gasteiger partial charge on any atom is 0.0331 e. The summed E-state index contributed by atoms with van der Waals surface area (Å²) in [6.45, 7) is 5.89. The molecule has 1 saturated carbocycles. The first-order valence-corrected chi connectivity index (χ1v) is 8.22. The fourth-order valence-corrected chi connectivity index (χ4v) is 3.94. The summed E-state index contributed by atoms with van der Waals surface area (Å²) in [5, 5.41) is 0.